The van der Waals surface area contributed by atoms with Crippen LogP contribution in [0.4, 0.5) is 26.3 Å². The van der Waals surface area contributed by atoms with Crippen molar-refractivity contribution in [1.29, 1.82) is 0 Å². The van der Waals surface area contributed by atoms with Gasteiger partial charge in [0.1, 0.15) is 0 Å². The molecule has 2 unspecified atom stereocenters. The number of hydrogen-bond acceptors (Lipinski definition) is 3. The molecule has 1 amide bonds. The summed E-state index contributed by atoms with van der Waals surface area (Å²) in [5.41, 5.74) is -0.151. The maximum atomic E-state index is 13.1. The van der Waals surface area contributed by atoms with Gasteiger partial charge in [-0.05, 0) is 60.1 Å². The second-order valence-corrected chi connectivity index (χ2v) is 11.0. The van der Waals surface area contributed by atoms with Gasteiger partial charge in [0, 0.05) is 32.1 Å². The van der Waals surface area contributed by atoms with E-state index in [2.05, 4.69) is 18.7 Å². The second-order valence-electron chi connectivity index (χ2n) is 11.0. The lowest BCUT2D eigenvalue weighted by Gasteiger charge is -2.40. The zero-order valence-electron chi connectivity index (χ0n) is 22.1. The molecule has 2 fully saturated rings. The number of fused-ring (bicyclic) bond motifs is 2. The van der Waals surface area contributed by atoms with Crippen molar-refractivity contribution in [2.75, 3.05) is 19.8 Å². The minimum atomic E-state index is -4.44. The highest BCUT2D eigenvalue weighted by Crippen LogP contribution is 2.33. The van der Waals surface area contributed by atoms with E-state index in [1.807, 2.05) is 4.90 Å². The fraction of sp³-hybridized carbons (Fsp3) is 0.552. The van der Waals surface area contributed by atoms with Gasteiger partial charge in [-0.25, -0.2) is 0 Å². The Hall–Kier alpha value is -2.59. The van der Waals surface area contributed by atoms with Crippen LogP contribution in [0.3, 0.4) is 0 Å². The van der Waals surface area contributed by atoms with E-state index in [1.54, 1.807) is 0 Å². The van der Waals surface area contributed by atoms with Crippen molar-refractivity contribution in [3.63, 3.8) is 0 Å². The van der Waals surface area contributed by atoms with E-state index in [4.69, 9.17) is 4.74 Å². The van der Waals surface area contributed by atoms with Crippen molar-refractivity contribution >= 4 is 5.91 Å². The molecule has 0 saturated carbocycles. The van der Waals surface area contributed by atoms with Crippen LogP contribution in [0, 0.1) is 11.8 Å². The van der Waals surface area contributed by atoms with Crippen molar-refractivity contribution in [1.82, 2.24) is 9.80 Å². The molecule has 0 spiro atoms. The summed E-state index contributed by atoms with van der Waals surface area (Å²) in [6, 6.07) is 9.75. The van der Waals surface area contributed by atoms with Gasteiger partial charge in [0.05, 0.1) is 30.4 Å². The van der Waals surface area contributed by atoms with Crippen molar-refractivity contribution < 1.29 is 35.9 Å². The molecule has 0 N–H and O–H groups in total. The summed E-state index contributed by atoms with van der Waals surface area (Å²) in [6.07, 6.45) is -6.98. The summed E-state index contributed by atoms with van der Waals surface area (Å²) >= 11 is 0. The Kier molecular flexibility index (Phi) is 8.95. The number of nitrogens with zero attached hydrogens (tertiary/aromatic N) is 2. The Morgan fingerprint density at radius 3 is 1.85 bits per heavy atom. The Bertz CT molecular complexity index is 1040. The summed E-state index contributed by atoms with van der Waals surface area (Å²) < 4.78 is 84.7. The van der Waals surface area contributed by atoms with Crippen LogP contribution in [0.2, 0.25) is 0 Å². The highest BCUT2D eigenvalue weighted by atomic mass is 19.4. The summed E-state index contributed by atoms with van der Waals surface area (Å²) in [5, 5.41) is 0. The third-order valence-corrected chi connectivity index (χ3v) is 7.77. The van der Waals surface area contributed by atoms with Gasteiger partial charge in [0.15, 0.2) is 0 Å². The van der Waals surface area contributed by atoms with E-state index in [9.17, 15) is 31.1 Å². The van der Waals surface area contributed by atoms with E-state index >= 15 is 0 Å². The van der Waals surface area contributed by atoms with Crippen molar-refractivity contribution in [2.24, 2.45) is 11.8 Å². The molecule has 39 heavy (non-hydrogen) atoms. The molecule has 214 valence electrons. The highest BCUT2D eigenvalue weighted by molar-refractivity contribution is 5.77. The fourth-order valence-corrected chi connectivity index (χ4v) is 5.51. The third-order valence-electron chi connectivity index (χ3n) is 7.77. The molecular weight excluding hydrogens is 522 g/mol. The quantitative estimate of drug-likeness (QED) is 0.368. The number of amides is 1. The zero-order chi connectivity index (χ0) is 28.4. The SMILES string of the molecule is CC(C)C1COCC(N(Cc2ccc(C(F)(F)F)cc2)Cc2ccc(C(F)(F)F)cc2)C[C@H]2CCC(=O)N1C2. The number of alkyl halides is 6. The van der Waals surface area contributed by atoms with E-state index < -0.39 is 23.5 Å². The van der Waals surface area contributed by atoms with Crippen LogP contribution in [0.15, 0.2) is 48.5 Å². The average molecular weight is 557 g/mol. The second kappa shape index (κ2) is 11.9. The molecule has 0 aromatic heterocycles. The molecule has 2 aromatic rings. The Labute approximate surface area is 224 Å². The van der Waals surface area contributed by atoms with Crippen molar-refractivity contribution in [2.45, 2.75) is 70.6 Å². The molecule has 0 radical (unpaired) electrons. The number of rotatable bonds is 6. The highest BCUT2D eigenvalue weighted by Gasteiger charge is 2.37. The van der Waals surface area contributed by atoms with E-state index in [0.29, 0.717) is 56.8 Å². The molecule has 0 aliphatic carbocycles. The van der Waals surface area contributed by atoms with Crippen molar-refractivity contribution in [3.8, 4) is 0 Å². The Morgan fingerprint density at radius 1 is 0.872 bits per heavy atom. The van der Waals surface area contributed by atoms with Gasteiger partial charge >= 0.3 is 12.4 Å². The smallest absolute Gasteiger partial charge is 0.378 e. The normalized spacial score (nSPS) is 23.1. The minimum Gasteiger partial charge on any atom is -0.378 e. The number of hydrogen-bond donors (Lipinski definition) is 0. The van der Waals surface area contributed by atoms with Gasteiger partial charge in [0.2, 0.25) is 5.91 Å². The van der Waals surface area contributed by atoms with Gasteiger partial charge < -0.3 is 9.64 Å². The van der Waals surface area contributed by atoms with Gasteiger partial charge in [-0.1, -0.05) is 38.1 Å². The summed E-state index contributed by atoms with van der Waals surface area (Å²) in [5.74, 6) is 0.552. The predicted octanol–water partition coefficient (Wildman–Crippen LogP) is 6.78. The number of carbonyl (C=O) groups excluding carboxylic acids is 1. The van der Waals surface area contributed by atoms with Gasteiger partial charge in [0.25, 0.3) is 0 Å². The Balaban J connectivity index is 1.60. The minimum absolute atomic E-state index is 0.0441. The lowest BCUT2D eigenvalue weighted by atomic mass is 9.88. The summed E-state index contributed by atoms with van der Waals surface area (Å²) in [6.45, 7) is 6.07. The maximum Gasteiger partial charge on any atom is 0.416 e. The van der Waals surface area contributed by atoms with Crippen LogP contribution in [-0.2, 0) is 35.0 Å². The molecule has 2 heterocycles. The van der Waals surface area contributed by atoms with Crippen molar-refractivity contribution in [3.05, 3.63) is 70.8 Å². The zero-order valence-corrected chi connectivity index (χ0v) is 22.1. The van der Waals surface area contributed by atoms with Crippen LogP contribution >= 0.6 is 0 Å². The summed E-state index contributed by atoms with van der Waals surface area (Å²) in [4.78, 5) is 16.7. The predicted molar refractivity (Wildman–Crippen MR) is 134 cm³/mol. The molecule has 4 nitrogen and oxygen atoms in total. The molecule has 4 rings (SSSR count). The number of benzene rings is 2. The average Bonchev–Trinajstić information content (AvgIpc) is 2.93. The van der Waals surface area contributed by atoms with Crippen LogP contribution in [0.1, 0.15) is 55.4 Å². The van der Waals surface area contributed by atoms with Gasteiger partial charge in [-0.15, -0.1) is 0 Å². The van der Waals surface area contributed by atoms with Crippen LogP contribution in [0.5, 0.6) is 0 Å². The first kappa shape index (κ1) is 29.4. The third kappa shape index (κ3) is 7.54. The largest absolute Gasteiger partial charge is 0.416 e. The van der Waals surface area contributed by atoms with Gasteiger partial charge in [-0.2, -0.15) is 26.3 Å². The van der Waals surface area contributed by atoms with Crippen LogP contribution < -0.4 is 0 Å². The van der Waals surface area contributed by atoms with Crippen LogP contribution in [-0.4, -0.2) is 47.5 Å². The number of halogens is 6. The molecule has 2 saturated heterocycles. The molecule has 10 heteroatoms. The van der Waals surface area contributed by atoms with E-state index in [1.165, 1.54) is 24.3 Å². The van der Waals surface area contributed by atoms with Gasteiger partial charge in [-0.3, -0.25) is 9.69 Å². The maximum absolute atomic E-state index is 13.1. The van der Waals surface area contributed by atoms with E-state index in [0.717, 1.165) is 30.7 Å². The lowest BCUT2D eigenvalue weighted by Crippen LogP contribution is -2.50. The number of ether oxygens (including phenoxy) is 1. The summed E-state index contributed by atoms with van der Waals surface area (Å²) in [7, 11) is 0. The number of carbonyl (C=O) groups is 1. The molecule has 2 aromatic carbocycles. The molecule has 2 aliphatic rings. The molecule has 2 aliphatic heterocycles. The standard InChI is InChI=1S/C29H34F6N2O2/c1-19(2)26-18-39-17-25(13-22-7-12-27(38)37(26)16-22)36(14-20-3-8-23(9-4-20)28(30,31)32)15-21-5-10-24(11-6-21)29(33,34)35/h3-6,8-11,19,22,25-26H,7,12-18H2,1-2H3/t22-,25?,26?/m1/s1. The first-order valence-electron chi connectivity index (χ1n) is 13.2. The van der Waals surface area contributed by atoms with E-state index in [-0.39, 0.29) is 29.8 Å². The fourth-order valence-electron chi connectivity index (χ4n) is 5.51. The first-order chi connectivity index (χ1) is 18.3. The molecule has 3 atom stereocenters. The lowest BCUT2D eigenvalue weighted by molar-refractivity contribution is -0.140. The molecule has 2 bridgehead atoms. The first-order valence-corrected chi connectivity index (χ1v) is 13.2. The molecular formula is C29H34F6N2O2. The number of piperidine rings is 1. The van der Waals surface area contributed by atoms with Crippen LogP contribution in [0.25, 0.3) is 0 Å². The Morgan fingerprint density at radius 2 is 1.38 bits per heavy atom. The topological polar surface area (TPSA) is 32.8 Å². The monoisotopic (exact) mass is 556 g/mol.